The van der Waals surface area contributed by atoms with Crippen LogP contribution in [0.15, 0.2) is 33.7 Å². The van der Waals surface area contributed by atoms with Gasteiger partial charge < -0.3 is 11.1 Å². The van der Waals surface area contributed by atoms with Gasteiger partial charge in [-0.3, -0.25) is 0 Å². The van der Waals surface area contributed by atoms with Crippen LogP contribution in [0.4, 0.5) is 0 Å². The van der Waals surface area contributed by atoms with E-state index in [0.717, 1.165) is 10.9 Å². The SMILES string of the molecule is I.NC(=NC1CC1c1ccc(Br)cc1)NC1CCCCC1. The molecule has 2 atom stereocenters. The van der Waals surface area contributed by atoms with Crippen LogP contribution in [0.3, 0.4) is 0 Å². The summed E-state index contributed by atoms with van der Waals surface area (Å²) >= 11 is 3.47. The molecule has 0 aliphatic heterocycles. The zero-order valence-corrected chi connectivity index (χ0v) is 16.0. The lowest BCUT2D eigenvalue weighted by Gasteiger charge is -2.23. The zero-order chi connectivity index (χ0) is 13.9. The highest BCUT2D eigenvalue weighted by Gasteiger charge is 2.38. The molecule has 2 unspecified atom stereocenters. The average molecular weight is 464 g/mol. The van der Waals surface area contributed by atoms with Gasteiger partial charge in [-0.25, -0.2) is 4.99 Å². The molecule has 0 radical (unpaired) electrons. The van der Waals surface area contributed by atoms with Gasteiger partial charge in [0.2, 0.25) is 0 Å². The molecule has 1 aromatic carbocycles. The Bertz CT molecular complexity index is 483. The van der Waals surface area contributed by atoms with E-state index in [-0.39, 0.29) is 24.0 Å². The third kappa shape index (κ3) is 4.84. The van der Waals surface area contributed by atoms with E-state index in [2.05, 4.69) is 50.5 Å². The van der Waals surface area contributed by atoms with Crippen LogP contribution in [0, 0.1) is 0 Å². The van der Waals surface area contributed by atoms with E-state index in [1.54, 1.807) is 0 Å². The molecule has 1 aromatic rings. The smallest absolute Gasteiger partial charge is 0.189 e. The molecule has 2 saturated carbocycles. The first-order valence-electron chi connectivity index (χ1n) is 7.57. The lowest BCUT2D eigenvalue weighted by atomic mass is 9.96. The number of rotatable bonds is 3. The monoisotopic (exact) mass is 463 g/mol. The van der Waals surface area contributed by atoms with E-state index in [1.807, 2.05) is 0 Å². The lowest BCUT2D eigenvalue weighted by molar-refractivity contribution is 0.412. The highest BCUT2D eigenvalue weighted by molar-refractivity contribution is 14.0. The Labute approximate surface area is 152 Å². The van der Waals surface area contributed by atoms with Crippen molar-refractivity contribution in [3.05, 3.63) is 34.3 Å². The minimum Gasteiger partial charge on any atom is -0.370 e. The molecular formula is C16H23BrIN3. The number of halogens is 2. The number of nitrogens with zero attached hydrogens (tertiary/aromatic N) is 1. The molecule has 0 spiro atoms. The molecule has 0 aromatic heterocycles. The van der Waals surface area contributed by atoms with Gasteiger partial charge >= 0.3 is 0 Å². The second kappa shape index (κ2) is 7.81. The van der Waals surface area contributed by atoms with Crippen LogP contribution < -0.4 is 11.1 Å². The summed E-state index contributed by atoms with van der Waals surface area (Å²) in [6.45, 7) is 0. The van der Waals surface area contributed by atoms with Crippen molar-refractivity contribution in [3.63, 3.8) is 0 Å². The molecule has 5 heteroatoms. The molecule has 2 fully saturated rings. The molecule has 21 heavy (non-hydrogen) atoms. The van der Waals surface area contributed by atoms with Crippen molar-refractivity contribution in [2.75, 3.05) is 0 Å². The van der Waals surface area contributed by atoms with Crippen molar-refractivity contribution in [3.8, 4) is 0 Å². The van der Waals surface area contributed by atoms with Gasteiger partial charge in [0.25, 0.3) is 0 Å². The number of hydrogen-bond acceptors (Lipinski definition) is 1. The van der Waals surface area contributed by atoms with Crippen LogP contribution in [0.25, 0.3) is 0 Å². The van der Waals surface area contributed by atoms with E-state index in [0.29, 0.717) is 24.0 Å². The highest BCUT2D eigenvalue weighted by Crippen LogP contribution is 2.43. The Hall–Kier alpha value is -0.300. The van der Waals surface area contributed by atoms with Crippen molar-refractivity contribution in [1.29, 1.82) is 0 Å². The fraction of sp³-hybridized carbons (Fsp3) is 0.562. The number of hydrogen-bond donors (Lipinski definition) is 2. The summed E-state index contributed by atoms with van der Waals surface area (Å²) in [4.78, 5) is 4.63. The van der Waals surface area contributed by atoms with Crippen molar-refractivity contribution in [2.24, 2.45) is 10.7 Å². The summed E-state index contributed by atoms with van der Waals surface area (Å²) in [5.74, 6) is 1.19. The highest BCUT2D eigenvalue weighted by atomic mass is 127. The maximum absolute atomic E-state index is 6.04. The first kappa shape index (κ1) is 17.1. The van der Waals surface area contributed by atoms with E-state index < -0.39 is 0 Å². The van der Waals surface area contributed by atoms with Crippen molar-refractivity contribution in [2.45, 2.75) is 56.5 Å². The van der Waals surface area contributed by atoms with Crippen molar-refractivity contribution < 1.29 is 0 Å². The lowest BCUT2D eigenvalue weighted by Crippen LogP contribution is -2.41. The second-order valence-corrected chi connectivity index (χ2v) is 6.87. The molecule has 0 bridgehead atoms. The quantitative estimate of drug-likeness (QED) is 0.401. The molecule has 0 amide bonds. The molecular weight excluding hydrogens is 441 g/mol. The number of benzene rings is 1. The summed E-state index contributed by atoms with van der Waals surface area (Å²) < 4.78 is 1.13. The van der Waals surface area contributed by atoms with E-state index >= 15 is 0 Å². The Balaban J connectivity index is 0.00000161. The van der Waals surface area contributed by atoms with E-state index in [1.165, 1.54) is 37.7 Å². The fourth-order valence-corrected chi connectivity index (χ4v) is 3.33. The molecule has 3 rings (SSSR count). The summed E-state index contributed by atoms with van der Waals surface area (Å²) in [5, 5.41) is 3.39. The van der Waals surface area contributed by atoms with E-state index in [4.69, 9.17) is 5.73 Å². The molecule has 0 heterocycles. The Morgan fingerprint density at radius 1 is 1.14 bits per heavy atom. The van der Waals surface area contributed by atoms with Crippen LogP contribution in [-0.2, 0) is 0 Å². The molecule has 116 valence electrons. The number of nitrogens with one attached hydrogen (secondary N) is 1. The third-order valence-electron chi connectivity index (χ3n) is 4.32. The summed E-state index contributed by atoms with van der Waals surface area (Å²) in [6.07, 6.45) is 7.58. The van der Waals surface area contributed by atoms with Gasteiger partial charge in [-0.15, -0.1) is 24.0 Å². The van der Waals surface area contributed by atoms with Crippen molar-refractivity contribution >= 4 is 45.9 Å². The van der Waals surface area contributed by atoms with Crippen LogP contribution in [-0.4, -0.2) is 18.0 Å². The van der Waals surface area contributed by atoms with Gasteiger partial charge in [0.05, 0.1) is 6.04 Å². The Morgan fingerprint density at radius 2 is 1.81 bits per heavy atom. The van der Waals surface area contributed by atoms with Gasteiger partial charge in [-0.2, -0.15) is 0 Å². The fourth-order valence-electron chi connectivity index (χ4n) is 3.06. The van der Waals surface area contributed by atoms with Gasteiger partial charge in [-0.05, 0) is 37.0 Å². The summed E-state index contributed by atoms with van der Waals surface area (Å²) in [5.41, 5.74) is 7.41. The van der Waals surface area contributed by atoms with Crippen molar-refractivity contribution in [1.82, 2.24) is 5.32 Å². The first-order chi connectivity index (χ1) is 9.72. The largest absolute Gasteiger partial charge is 0.370 e. The predicted molar refractivity (Wildman–Crippen MR) is 102 cm³/mol. The third-order valence-corrected chi connectivity index (χ3v) is 4.85. The number of nitrogens with two attached hydrogens (primary N) is 1. The standard InChI is InChI=1S/C16H22BrN3.HI/c17-12-8-6-11(7-9-12)14-10-15(14)20-16(18)19-13-4-2-1-3-5-13;/h6-9,13-15H,1-5,10H2,(H3,18,19,20);1H. The van der Waals surface area contributed by atoms with E-state index in [9.17, 15) is 0 Å². The number of guanidine groups is 1. The predicted octanol–water partition coefficient (Wildman–Crippen LogP) is 4.16. The second-order valence-electron chi connectivity index (χ2n) is 5.95. The Kier molecular flexibility index (Phi) is 6.34. The van der Waals surface area contributed by atoms with Crippen LogP contribution in [0.1, 0.15) is 50.0 Å². The molecule has 2 aliphatic rings. The zero-order valence-electron chi connectivity index (χ0n) is 12.1. The minimum absolute atomic E-state index is 0. The average Bonchev–Trinajstić information content (AvgIpc) is 3.19. The molecule has 3 nitrogen and oxygen atoms in total. The Morgan fingerprint density at radius 3 is 2.48 bits per heavy atom. The molecule has 2 aliphatic carbocycles. The van der Waals surface area contributed by atoms with Crippen LogP contribution in [0.2, 0.25) is 0 Å². The summed E-state index contributed by atoms with van der Waals surface area (Å²) in [6, 6.07) is 9.45. The van der Waals surface area contributed by atoms with Gasteiger partial charge in [-0.1, -0.05) is 47.3 Å². The normalized spacial score (nSPS) is 26.0. The maximum atomic E-state index is 6.04. The first-order valence-corrected chi connectivity index (χ1v) is 8.37. The van der Waals surface area contributed by atoms with Gasteiger partial charge in [0.15, 0.2) is 5.96 Å². The summed E-state index contributed by atoms with van der Waals surface area (Å²) in [7, 11) is 0. The van der Waals surface area contributed by atoms with Gasteiger partial charge in [0, 0.05) is 16.4 Å². The van der Waals surface area contributed by atoms with Gasteiger partial charge in [0.1, 0.15) is 0 Å². The molecule has 0 saturated heterocycles. The topological polar surface area (TPSA) is 50.4 Å². The minimum atomic E-state index is 0. The molecule has 3 N–H and O–H groups in total. The maximum Gasteiger partial charge on any atom is 0.189 e. The number of aliphatic imine (C=N–C) groups is 1. The van der Waals surface area contributed by atoms with Crippen LogP contribution >= 0.6 is 39.9 Å². The van der Waals surface area contributed by atoms with Crippen LogP contribution in [0.5, 0.6) is 0 Å².